The fourth-order valence-corrected chi connectivity index (χ4v) is 10.7. The van der Waals surface area contributed by atoms with Crippen molar-refractivity contribution >= 4 is 111 Å². The molecule has 4 aliphatic carbocycles. The van der Waals surface area contributed by atoms with E-state index in [0.717, 1.165) is 50.2 Å². The van der Waals surface area contributed by atoms with E-state index in [-0.39, 0.29) is 27.6 Å². The van der Waals surface area contributed by atoms with Crippen molar-refractivity contribution in [2.24, 2.45) is 0 Å². The van der Waals surface area contributed by atoms with Crippen molar-refractivity contribution in [1.82, 2.24) is 49.8 Å². The van der Waals surface area contributed by atoms with E-state index in [4.69, 9.17) is 39.5 Å². The molecule has 412 valence electrons. The van der Waals surface area contributed by atoms with Crippen molar-refractivity contribution in [3.8, 4) is 17.4 Å². The Hall–Kier alpha value is -5.05. The Labute approximate surface area is 516 Å². The molecule has 4 aliphatic rings. The predicted octanol–water partition coefficient (Wildman–Crippen LogP) is 17.1. The van der Waals surface area contributed by atoms with E-state index in [1.54, 1.807) is 61.2 Å². The number of imidazole rings is 2. The van der Waals surface area contributed by atoms with Crippen molar-refractivity contribution in [2.45, 2.75) is 118 Å². The Morgan fingerprint density at radius 3 is 1.36 bits per heavy atom. The van der Waals surface area contributed by atoms with Crippen molar-refractivity contribution in [3.05, 3.63) is 190 Å². The summed E-state index contributed by atoms with van der Waals surface area (Å²) < 4.78 is 7.02. The Morgan fingerprint density at radius 2 is 0.938 bits per heavy atom. The number of H-pyrrole nitrogens is 2. The van der Waals surface area contributed by atoms with Gasteiger partial charge in [0.25, 0.3) is 0 Å². The minimum atomic E-state index is -0.189. The van der Waals surface area contributed by atoms with Gasteiger partial charge in [-0.2, -0.15) is 12.8 Å². The molecule has 0 bridgehead atoms. The fraction of sp³-hybridized carbons (Fsp3) is 0.317. The normalized spacial score (nSPS) is 14.8. The number of ketones is 2. The Kier molecular flexibility index (Phi) is 26.4. The van der Waals surface area contributed by atoms with Gasteiger partial charge in [-0.1, -0.05) is 133 Å². The molecule has 20 heteroatoms. The summed E-state index contributed by atoms with van der Waals surface area (Å²) >= 11 is 22.9. The van der Waals surface area contributed by atoms with Gasteiger partial charge in [0.1, 0.15) is 17.2 Å². The number of carbonyl (C=O) groups is 2. The number of nitrogens with zero attached hydrogens (tertiary/aromatic N) is 8. The number of hydrogen-bond acceptors (Lipinski definition) is 12. The molecule has 3 N–H and O–H groups in total. The number of hydrogen-bond donors (Lipinski definition) is 3. The average molecular weight is 1410 g/mol. The number of rotatable bonds is 8. The van der Waals surface area contributed by atoms with E-state index >= 15 is 0 Å². The number of nitrogens with one attached hydrogen (secondary N) is 2. The summed E-state index contributed by atoms with van der Waals surface area (Å²) in [5, 5.41) is 10.3. The molecule has 4 saturated carbocycles. The standard InChI is InChI=1S/C23H20N4O2.C14H10N2O2.C9H11ClN2.C5H9I.C5H9.C4H2Cl2N2.HI.Zn/c28-21(22-26-18-7-3-4-8-19(18)27-22)16-9-11-17(12-10-16)29-23-20(24-13-14-25-23)15-5-1-2-6-15;17-10-7-5-9(6-8-10)13(18)14-15-11-3-1-2-4-12(11)16-14;10-9-8(11-5-6-12-9)7-3-1-2-4-7;6-5-3-1-2-4-5;1-2-4-5-3-1;5-3-4(6)8-2-1-7-3;;/h3-4,7-15H,1-2,5-6H2,(H,26,27);1-8,17H,(H,15,16);5-7H,1-4H2;5H,1-4H2;1H,2-5H2;1-2H;1H;/q;;;;-1;;;+2/p-1. The first kappa shape index (κ1) is 62.6. The monoisotopic (exact) mass is 1410 g/mol. The molecule has 5 aromatic heterocycles. The van der Waals surface area contributed by atoms with E-state index in [1.807, 2.05) is 48.5 Å². The Balaban J connectivity index is 0.000000154. The maximum absolute atomic E-state index is 12.8. The summed E-state index contributed by atoms with van der Waals surface area (Å²) in [4.78, 5) is 64.1. The second kappa shape index (κ2) is 33.8. The van der Waals surface area contributed by atoms with Gasteiger partial charge in [-0.05, 0) is 111 Å². The third-order valence-electron chi connectivity index (χ3n) is 13.5. The van der Waals surface area contributed by atoms with Crippen molar-refractivity contribution in [2.75, 3.05) is 0 Å². The molecule has 9 aromatic rings. The van der Waals surface area contributed by atoms with E-state index in [2.05, 4.69) is 98.6 Å². The van der Waals surface area contributed by atoms with Gasteiger partial charge < -0.3 is 26.2 Å². The molecule has 0 spiro atoms. The molecule has 0 amide bonds. The quantitative estimate of drug-likeness (QED) is 0.0428. The van der Waals surface area contributed by atoms with Gasteiger partial charge in [-0.3, -0.25) is 19.6 Å². The zero-order valence-electron chi connectivity index (χ0n) is 44.2. The Morgan fingerprint density at radius 1 is 0.525 bits per heavy atom. The van der Waals surface area contributed by atoms with Crippen LogP contribution in [-0.2, 0) is 14.8 Å². The topological polar surface area (TPSA) is 198 Å². The molecular formula is C60H61Cl3I2N10O4Zn. The Bertz CT molecular complexity index is 3220. The number of benzene rings is 4. The predicted molar refractivity (Wildman–Crippen MR) is 330 cm³/mol. The zero-order chi connectivity index (χ0) is 56.5. The van der Waals surface area contributed by atoms with Crippen LogP contribution >= 0.6 is 77.1 Å². The number of halogens is 5. The van der Waals surface area contributed by atoms with Gasteiger partial charge in [-0.15, -0.1) is 0 Å². The van der Waals surface area contributed by atoms with Gasteiger partial charge >= 0.3 is 34.5 Å². The SMILES string of the molecule is Clc1nccnc1C1CCCC1.Clc1nccnc1Cl.IC1CCCC1.O=C(c1ccc(O)cc1)c1nc2ccccc2[nH]1.O=C(c1ccc(Oc2nccnc2C2CCCC2)cc1)c1nc2ccccc2[nH]1.[CH-]1CCCC1.[Zn+][I]. The molecule has 14 nitrogen and oxygen atoms in total. The molecular weight excluding hydrogens is 1350 g/mol. The van der Waals surface area contributed by atoms with E-state index in [0.29, 0.717) is 51.4 Å². The summed E-state index contributed by atoms with van der Waals surface area (Å²) in [6.07, 6.45) is 33.3. The molecule has 4 aromatic carbocycles. The van der Waals surface area contributed by atoms with Gasteiger partial charge in [-0.25, -0.2) is 29.9 Å². The summed E-state index contributed by atoms with van der Waals surface area (Å²) in [5.41, 5.74) is 6.18. The second-order valence-corrected chi connectivity index (χ2v) is 21.9. The van der Waals surface area contributed by atoms with Gasteiger partial charge in [0.05, 0.1) is 27.8 Å². The van der Waals surface area contributed by atoms with Gasteiger partial charge in [0.2, 0.25) is 17.4 Å². The number of para-hydroxylation sites is 4. The summed E-state index contributed by atoms with van der Waals surface area (Å²) in [6.45, 7) is 0. The third-order valence-corrected chi connectivity index (χ3v) is 15.7. The second-order valence-electron chi connectivity index (χ2n) is 19.1. The number of aromatic hydroxyl groups is 1. The molecule has 4 fully saturated rings. The first-order chi connectivity index (χ1) is 39.1. The van der Waals surface area contributed by atoms with Crippen LogP contribution in [0.2, 0.25) is 15.5 Å². The van der Waals surface area contributed by atoms with Crippen LogP contribution in [0.25, 0.3) is 22.1 Å². The van der Waals surface area contributed by atoms with Crippen molar-refractivity contribution < 1.29 is 34.2 Å². The zero-order valence-corrected chi connectivity index (χ0v) is 53.7. The molecule has 0 atom stereocenters. The number of phenolic OH excluding ortho intramolecular Hbond substituents is 1. The average Bonchev–Trinajstić information content (AvgIpc) is 4.37. The molecule has 0 aliphatic heterocycles. The van der Waals surface area contributed by atoms with Gasteiger partial charge in [0.15, 0.2) is 27.1 Å². The van der Waals surface area contributed by atoms with Crippen LogP contribution in [0.3, 0.4) is 0 Å². The number of fused-ring (bicyclic) bond motifs is 2. The first-order valence-corrected chi connectivity index (χ1v) is 38.2. The van der Waals surface area contributed by atoms with Crippen LogP contribution < -0.4 is 4.74 Å². The van der Waals surface area contributed by atoms with Crippen molar-refractivity contribution in [3.63, 3.8) is 0 Å². The number of carbonyl (C=O) groups excluding carboxylic acids is 2. The maximum atomic E-state index is 12.8. The van der Waals surface area contributed by atoms with E-state index in [9.17, 15) is 14.7 Å². The fourth-order valence-electron chi connectivity index (χ4n) is 9.39. The van der Waals surface area contributed by atoms with Crippen LogP contribution in [-0.4, -0.2) is 70.4 Å². The summed E-state index contributed by atoms with van der Waals surface area (Å²) in [5.74, 6) is 2.58. The number of phenols is 1. The van der Waals surface area contributed by atoms with E-state index in [1.165, 1.54) is 129 Å². The third kappa shape index (κ3) is 19.3. The van der Waals surface area contributed by atoms with E-state index < -0.39 is 0 Å². The van der Waals surface area contributed by atoms with Crippen LogP contribution in [0.5, 0.6) is 17.4 Å². The molecule has 13 rings (SSSR count). The van der Waals surface area contributed by atoms with Crippen LogP contribution in [0.1, 0.15) is 158 Å². The van der Waals surface area contributed by atoms with Gasteiger partial charge in [0, 0.05) is 64.1 Å². The molecule has 0 saturated heterocycles. The van der Waals surface area contributed by atoms with Crippen molar-refractivity contribution in [1.29, 1.82) is 0 Å². The first-order valence-electron chi connectivity index (χ1n) is 26.8. The summed E-state index contributed by atoms with van der Waals surface area (Å²) in [7, 11) is 0. The number of ether oxygens (including phenoxy) is 1. The number of aromatic amines is 2. The molecule has 5 heterocycles. The molecule has 80 heavy (non-hydrogen) atoms. The number of aromatic nitrogens is 10. The summed E-state index contributed by atoms with van der Waals surface area (Å²) in [6, 6.07) is 28.2. The minimum absolute atomic E-state index is 0.135. The van der Waals surface area contributed by atoms with Crippen LogP contribution in [0, 0.1) is 6.42 Å². The molecule has 0 radical (unpaired) electrons. The van der Waals surface area contributed by atoms with Crippen LogP contribution in [0.4, 0.5) is 0 Å². The molecule has 0 unspecified atom stereocenters. The number of alkyl halides is 1. The van der Waals surface area contributed by atoms with Crippen LogP contribution in [0.15, 0.2) is 134 Å².